The molecule has 1 aromatic carbocycles. The lowest BCUT2D eigenvalue weighted by Crippen LogP contribution is -2.38. The van der Waals surface area contributed by atoms with Crippen LogP contribution in [0, 0.1) is 6.92 Å². The van der Waals surface area contributed by atoms with Crippen LogP contribution in [0.1, 0.15) is 24.5 Å². The maximum absolute atomic E-state index is 10.5. The summed E-state index contributed by atoms with van der Waals surface area (Å²) in [6, 6.07) is 6.04. The summed E-state index contributed by atoms with van der Waals surface area (Å²) in [5.41, 5.74) is 1.46. The van der Waals surface area contributed by atoms with Gasteiger partial charge in [-0.3, -0.25) is 0 Å². The summed E-state index contributed by atoms with van der Waals surface area (Å²) in [5.74, 6) is 0.836. The van der Waals surface area contributed by atoms with Gasteiger partial charge >= 0.3 is 0 Å². The van der Waals surface area contributed by atoms with Crippen LogP contribution in [-0.4, -0.2) is 30.5 Å². The molecule has 1 aliphatic heterocycles. The molecule has 1 heterocycles. The van der Waals surface area contributed by atoms with Crippen LogP contribution >= 0.6 is 0 Å². The van der Waals surface area contributed by atoms with Gasteiger partial charge in [-0.2, -0.15) is 0 Å². The molecule has 17 heavy (non-hydrogen) atoms. The Bertz CT molecular complexity index is 402. The van der Waals surface area contributed by atoms with E-state index in [9.17, 15) is 5.11 Å². The Balaban J connectivity index is 2.25. The lowest BCUT2D eigenvalue weighted by Gasteiger charge is -2.27. The Hall–Kier alpha value is -1.06. The quantitative estimate of drug-likeness (QED) is 0.873. The van der Waals surface area contributed by atoms with E-state index in [0.717, 1.165) is 11.3 Å². The first-order valence-corrected chi connectivity index (χ1v) is 6.03. The molecule has 0 bridgehead atoms. The number of hydrogen-bond acceptors (Lipinski definition) is 3. The maximum atomic E-state index is 10.5. The van der Waals surface area contributed by atoms with Crippen molar-refractivity contribution in [3.63, 3.8) is 0 Å². The highest BCUT2D eigenvalue weighted by Gasteiger charge is 2.40. The largest absolute Gasteiger partial charge is 0.496 e. The summed E-state index contributed by atoms with van der Waals surface area (Å²) in [6.07, 6.45) is 1.15. The first-order valence-electron chi connectivity index (χ1n) is 6.03. The van der Waals surface area contributed by atoms with Crippen LogP contribution in [-0.2, 0) is 11.2 Å². The van der Waals surface area contributed by atoms with Gasteiger partial charge in [0.1, 0.15) is 5.75 Å². The molecular weight excluding hydrogens is 216 g/mol. The molecule has 0 aromatic heterocycles. The molecule has 1 N–H and O–H groups in total. The highest BCUT2D eigenvalue weighted by atomic mass is 16.5. The van der Waals surface area contributed by atoms with Crippen molar-refractivity contribution in [2.24, 2.45) is 0 Å². The summed E-state index contributed by atoms with van der Waals surface area (Å²) in [6.45, 7) is 4.60. The minimum absolute atomic E-state index is 0.118. The molecule has 0 spiro atoms. The van der Waals surface area contributed by atoms with E-state index in [0.29, 0.717) is 19.4 Å². The van der Waals surface area contributed by atoms with Crippen molar-refractivity contribution in [2.45, 2.75) is 38.4 Å². The number of hydrogen-bond donors (Lipinski definition) is 1. The van der Waals surface area contributed by atoms with E-state index in [-0.39, 0.29) is 6.10 Å². The van der Waals surface area contributed by atoms with Crippen LogP contribution < -0.4 is 4.74 Å². The fourth-order valence-electron chi connectivity index (χ4n) is 2.38. The second-order valence-corrected chi connectivity index (χ2v) is 4.86. The average Bonchev–Trinajstić information content (AvgIpc) is 2.59. The zero-order valence-electron chi connectivity index (χ0n) is 10.7. The molecule has 1 aromatic rings. The van der Waals surface area contributed by atoms with Gasteiger partial charge in [0.2, 0.25) is 0 Å². The van der Waals surface area contributed by atoms with Crippen LogP contribution in [0.15, 0.2) is 18.2 Å². The molecule has 1 aliphatic rings. The molecule has 2 rings (SSSR count). The van der Waals surface area contributed by atoms with E-state index in [1.54, 1.807) is 7.11 Å². The van der Waals surface area contributed by atoms with Crippen LogP contribution in [0.3, 0.4) is 0 Å². The van der Waals surface area contributed by atoms with Gasteiger partial charge in [-0.1, -0.05) is 17.7 Å². The third kappa shape index (κ3) is 2.45. The minimum atomic E-state index is -0.763. The lowest BCUT2D eigenvalue weighted by molar-refractivity contribution is -0.0271. The number of ether oxygens (including phenoxy) is 2. The van der Waals surface area contributed by atoms with Gasteiger partial charge in [0.05, 0.1) is 18.8 Å². The summed E-state index contributed by atoms with van der Waals surface area (Å²) in [5, 5.41) is 10.5. The molecular formula is C14H20O3. The predicted octanol–water partition coefficient (Wildman–Crippen LogP) is 2.09. The third-order valence-electron chi connectivity index (χ3n) is 3.59. The Morgan fingerprint density at radius 1 is 1.53 bits per heavy atom. The fraction of sp³-hybridized carbons (Fsp3) is 0.571. The van der Waals surface area contributed by atoms with Gasteiger partial charge < -0.3 is 14.6 Å². The summed E-state index contributed by atoms with van der Waals surface area (Å²) in [7, 11) is 1.66. The first kappa shape index (κ1) is 12.4. The van der Waals surface area contributed by atoms with Gasteiger partial charge in [0, 0.05) is 19.4 Å². The molecule has 1 saturated heterocycles. The molecule has 0 aliphatic carbocycles. The Morgan fingerprint density at radius 2 is 2.29 bits per heavy atom. The van der Waals surface area contributed by atoms with Gasteiger partial charge in [0.15, 0.2) is 0 Å². The van der Waals surface area contributed by atoms with Crippen LogP contribution in [0.2, 0.25) is 0 Å². The van der Waals surface area contributed by atoms with Crippen molar-refractivity contribution in [1.29, 1.82) is 0 Å². The number of aliphatic hydroxyl groups is 1. The van der Waals surface area contributed by atoms with Gasteiger partial charge in [-0.05, 0) is 25.5 Å². The molecule has 3 heteroatoms. The number of rotatable bonds is 3. The van der Waals surface area contributed by atoms with Crippen LogP contribution in [0.5, 0.6) is 5.75 Å². The fourth-order valence-corrected chi connectivity index (χ4v) is 2.38. The molecule has 3 nitrogen and oxygen atoms in total. The summed E-state index contributed by atoms with van der Waals surface area (Å²) in [4.78, 5) is 0. The van der Waals surface area contributed by atoms with Crippen molar-refractivity contribution in [3.05, 3.63) is 29.3 Å². The number of methoxy groups -OCH3 is 1. The van der Waals surface area contributed by atoms with Gasteiger partial charge in [0.25, 0.3) is 0 Å². The van der Waals surface area contributed by atoms with Gasteiger partial charge in [-0.25, -0.2) is 0 Å². The van der Waals surface area contributed by atoms with E-state index in [4.69, 9.17) is 9.47 Å². The lowest BCUT2D eigenvalue weighted by atomic mass is 9.88. The Morgan fingerprint density at radius 3 is 2.88 bits per heavy atom. The number of aryl methyl sites for hydroxylation is 1. The van der Waals surface area contributed by atoms with Crippen molar-refractivity contribution < 1.29 is 14.6 Å². The highest BCUT2D eigenvalue weighted by Crippen LogP contribution is 2.32. The molecule has 0 saturated carbocycles. The molecule has 1 fully saturated rings. The first-order chi connectivity index (χ1) is 8.05. The Labute approximate surface area is 102 Å². The minimum Gasteiger partial charge on any atom is -0.496 e. The van der Waals surface area contributed by atoms with Crippen molar-refractivity contribution >= 4 is 0 Å². The zero-order valence-corrected chi connectivity index (χ0v) is 10.7. The van der Waals surface area contributed by atoms with E-state index in [2.05, 4.69) is 6.07 Å². The van der Waals surface area contributed by atoms with E-state index in [1.807, 2.05) is 26.0 Å². The van der Waals surface area contributed by atoms with E-state index >= 15 is 0 Å². The van der Waals surface area contributed by atoms with Crippen LogP contribution in [0.25, 0.3) is 0 Å². The smallest absolute Gasteiger partial charge is 0.122 e. The SMILES string of the molecule is COc1ccc(C)cc1CC1(O)CCOC1C. The third-order valence-corrected chi connectivity index (χ3v) is 3.59. The maximum Gasteiger partial charge on any atom is 0.122 e. The van der Waals surface area contributed by atoms with Gasteiger partial charge in [-0.15, -0.1) is 0 Å². The zero-order chi connectivity index (χ0) is 12.5. The van der Waals surface area contributed by atoms with Crippen molar-refractivity contribution in [3.8, 4) is 5.75 Å². The van der Waals surface area contributed by atoms with Crippen molar-refractivity contribution in [2.75, 3.05) is 13.7 Å². The highest BCUT2D eigenvalue weighted by molar-refractivity contribution is 5.38. The number of benzene rings is 1. The second kappa shape index (κ2) is 4.67. The molecule has 0 amide bonds. The molecule has 2 atom stereocenters. The van der Waals surface area contributed by atoms with Crippen LogP contribution in [0.4, 0.5) is 0 Å². The molecule has 2 unspecified atom stereocenters. The topological polar surface area (TPSA) is 38.7 Å². The monoisotopic (exact) mass is 236 g/mol. The molecule has 94 valence electrons. The van der Waals surface area contributed by atoms with E-state index < -0.39 is 5.60 Å². The second-order valence-electron chi connectivity index (χ2n) is 4.86. The summed E-state index contributed by atoms with van der Waals surface area (Å²) >= 11 is 0. The standard InChI is InChI=1S/C14H20O3/c1-10-4-5-13(16-3)12(8-10)9-14(15)6-7-17-11(14)2/h4-5,8,11,15H,6-7,9H2,1-3H3. The Kier molecular flexibility index (Phi) is 3.40. The normalized spacial score (nSPS) is 28.4. The average molecular weight is 236 g/mol. The summed E-state index contributed by atoms with van der Waals surface area (Å²) < 4.78 is 10.8. The van der Waals surface area contributed by atoms with E-state index in [1.165, 1.54) is 5.56 Å². The molecule has 0 radical (unpaired) electrons. The predicted molar refractivity (Wildman–Crippen MR) is 66.4 cm³/mol. The van der Waals surface area contributed by atoms with Crippen molar-refractivity contribution in [1.82, 2.24) is 0 Å².